The Balaban J connectivity index is 1.69. The molecule has 3 N–H and O–H groups in total. The third kappa shape index (κ3) is 4.38. The standard InChI is InChI=1S/C24H25N5O4/c1-4-11-28-14-18(13-25-28)29-15(2)22(20-12-19(33-3)9-10-21(20)29)27-24(32)26-17-7-5-16(6-8-17)23(30)31/h5-10,12-14H,4,11H2,1-3H3,(H,30,31)(H2,26,27,32). The fraction of sp³-hybridized carbons (Fsp3) is 0.208. The number of methoxy groups -OCH3 is 1. The van der Waals surface area contributed by atoms with Crippen LogP contribution >= 0.6 is 0 Å². The van der Waals surface area contributed by atoms with Gasteiger partial charge >= 0.3 is 12.0 Å². The van der Waals surface area contributed by atoms with E-state index in [-0.39, 0.29) is 5.56 Å². The minimum atomic E-state index is -1.02. The number of nitrogens with zero attached hydrogens (tertiary/aromatic N) is 3. The molecule has 0 aliphatic carbocycles. The molecule has 0 saturated heterocycles. The lowest BCUT2D eigenvalue weighted by molar-refractivity contribution is 0.0697. The Bertz CT molecular complexity index is 1320. The molecule has 2 aromatic heterocycles. The van der Waals surface area contributed by atoms with Crippen molar-refractivity contribution in [1.29, 1.82) is 0 Å². The molecule has 0 fully saturated rings. The monoisotopic (exact) mass is 447 g/mol. The summed E-state index contributed by atoms with van der Waals surface area (Å²) in [6.45, 7) is 4.85. The number of hydrogen-bond acceptors (Lipinski definition) is 4. The number of aryl methyl sites for hydroxylation is 1. The predicted octanol–water partition coefficient (Wildman–Crippen LogP) is 4.90. The van der Waals surface area contributed by atoms with E-state index in [9.17, 15) is 9.59 Å². The van der Waals surface area contributed by atoms with Gasteiger partial charge in [-0.05, 0) is 55.8 Å². The number of hydrogen-bond donors (Lipinski definition) is 3. The lowest BCUT2D eigenvalue weighted by atomic mass is 10.2. The lowest BCUT2D eigenvalue weighted by Gasteiger charge is -2.09. The van der Waals surface area contributed by atoms with Crippen LogP contribution in [0.5, 0.6) is 5.75 Å². The second-order valence-corrected chi connectivity index (χ2v) is 7.60. The van der Waals surface area contributed by atoms with Gasteiger partial charge in [0.2, 0.25) is 0 Å². The van der Waals surface area contributed by atoms with Crippen molar-refractivity contribution in [2.24, 2.45) is 0 Å². The number of amides is 2. The maximum atomic E-state index is 12.8. The molecule has 0 aliphatic rings. The van der Waals surface area contributed by atoms with Gasteiger partial charge in [-0.2, -0.15) is 5.10 Å². The quantitative estimate of drug-likeness (QED) is 0.373. The molecule has 0 spiro atoms. The minimum absolute atomic E-state index is 0.149. The van der Waals surface area contributed by atoms with Crippen molar-refractivity contribution in [2.45, 2.75) is 26.8 Å². The Hall–Kier alpha value is -4.27. The molecule has 0 bridgehead atoms. The highest BCUT2D eigenvalue weighted by molar-refractivity contribution is 6.08. The molecule has 0 aliphatic heterocycles. The third-order valence-corrected chi connectivity index (χ3v) is 5.37. The van der Waals surface area contributed by atoms with Gasteiger partial charge in [0.15, 0.2) is 0 Å². The molecule has 9 heteroatoms. The summed E-state index contributed by atoms with van der Waals surface area (Å²) in [5, 5.41) is 20.0. The molecule has 33 heavy (non-hydrogen) atoms. The number of carbonyl (C=O) groups excluding carboxylic acids is 1. The van der Waals surface area contributed by atoms with Crippen molar-refractivity contribution in [3.63, 3.8) is 0 Å². The number of urea groups is 1. The zero-order valence-electron chi connectivity index (χ0n) is 18.6. The molecule has 0 unspecified atom stereocenters. The fourth-order valence-electron chi connectivity index (χ4n) is 3.81. The topological polar surface area (TPSA) is 110 Å². The number of carbonyl (C=O) groups is 2. The van der Waals surface area contributed by atoms with Gasteiger partial charge < -0.3 is 25.0 Å². The Labute approximate surface area is 190 Å². The van der Waals surface area contributed by atoms with E-state index in [1.54, 1.807) is 25.4 Å². The zero-order chi connectivity index (χ0) is 23.5. The van der Waals surface area contributed by atoms with Crippen LogP contribution in [0.25, 0.3) is 16.6 Å². The highest BCUT2D eigenvalue weighted by atomic mass is 16.5. The van der Waals surface area contributed by atoms with E-state index in [1.807, 2.05) is 40.6 Å². The second-order valence-electron chi connectivity index (χ2n) is 7.60. The zero-order valence-corrected chi connectivity index (χ0v) is 18.6. The van der Waals surface area contributed by atoms with Gasteiger partial charge in [0, 0.05) is 29.5 Å². The van der Waals surface area contributed by atoms with Crippen LogP contribution in [-0.4, -0.2) is 38.6 Å². The fourth-order valence-corrected chi connectivity index (χ4v) is 3.81. The van der Waals surface area contributed by atoms with Gasteiger partial charge in [-0.3, -0.25) is 4.68 Å². The Kier molecular flexibility index (Phi) is 6.03. The maximum Gasteiger partial charge on any atom is 0.335 e. The van der Waals surface area contributed by atoms with Gasteiger partial charge in [-0.25, -0.2) is 9.59 Å². The van der Waals surface area contributed by atoms with Crippen molar-refractivity contribution in [3.05, 3.63) is 66.1 Å². The van der Waals surface area contributed by atoms with Crippen LogP contribution in [0, 0.1) is 6.92 Å². The summed E-state index contributed by atoms with van der Waals surface area (Å²) in [6, 6.07) is 11.2. The van der Waals surface area contributed by atoms with E-state index >= 15 is 0 Å². The van der Waals surface area contributed by atoms with Crippen LogP contribution in [-0.2, 0) is 6.54 Å². The molecule has 2 heterocycles. The molecule has 170 valence electrons. The molecular formula is C24H25N5O4. The van der Waals surface area contributed by atoms with Gasteiger partial charge in [0.25, 0.3) is 0 Å². The molecule has 2 aromatic carbocycles. The molecule has 0 atom stereocenters. The number of carboxylic acids is 1. The number of aromatic carboxylic acids is 1. The molecule has 4 aromatic rings. The first-order chi connectivity index (χ1) is 15.9. The first kappa shape index (κ1) is 21.9. The Morgan fingerprint density at radius 1 is 1.12 bits per heavy atom. The summed E-state index contributed by atoms with van der Waals surface area (Å²) in [4.78, 5) is 23.8. The van der Waals surface area contributed by atoms with Gasteiger partial charge in [0.1, 0.15) is 5.75 Å². The summed E-state index contributed by atoms with van der Waals surface area (Å²) < 4.78 is 9.34. The van der Waals surface area contributed by atoms with E-state index in [0.717, 1.165) is 35.2 Å². The highest BCUT2D eigenvalue weighted by Gasteiger charge is 2.19. The van der Waals surface area contributed by atoms with Gasteiger partial charge in [-0.1, -0.05) is 6.92 Å². The van der Waals surface area contributed by atoms with E-state index in [1.165, 1.54) is 12.1 Å². The number of nitrogens with one attached hydrogen (secondary N) is 2. The molecular weight excluding hydrogens is 422 g/mol. The Morgan fingerprint density at radius 3 is 2.55 bits per heavy atom. The lowest BCUT2D eigenvalue weighted by Crippen LogP contribution is -2.20. The van der Waals surface area contributed by atoms with Crippen LogP contribution in [0.3, 0.4) is 0 Å². The maximum absolute atomic E-state index is 12.8. The normalized spacial score (nSPS) is 10.9. The largest absolute Gasteiger partial charge is 0.497 e. The number of benzene rings is 2. The third-order valence-electron chi connectivity index (χ3n) is 5.37. The van der Waals surface area contributed by atoms with Crippen LogP contribution < -0.4 is 15.4 Å². The molecule has 9 nitrogen and oxygen atoms in total. The van der Waals surface area contributed by atoms with Crippen LogP contribution in [0.4, 0.5) is 16.2 Å². The smallest absolute Gasteiger partial charge is 0.335 e. The summed E-state index contributed by atoms with van der Waals surface area (Å²) in [5.41, 5.74) is 3.92. The van der Waals surface area contributed by atoms with Crippen molar-refractivity contribution in [2.75, 3.05) is 17.7 Å². The van der Waals surface area contributed by atoms with Gasteiger partial charge in [-0.15, -0.1) is 0 Å². The van der Waals surface area contributed by atoms with Crippen LogP contribution in [0.15, 0.2) is 54.9 Å². The first-order valence-corrected chi connectivity index (χ1v) is 10.5. The average molecular weight is 447 g/mol. The van der Waals surface area contributed by atoms with Crippen molar-refractivity contribution < 1.29 is 19.4 Å². The number of carboxylic acid groups (broad SMARTS) is 1. The van der Waals surface area contributed by atoms with Gasteiger partial charge in [0.05, 0.1) is 35.8 Å². The van der Waals surface area contributed by atoms with E-state index in [0.29, 0.717) is 17.1 Å². The van der Waals surface area contributed by atoms with E-state index in [4.69, 9.17) is 9.84 Å². The molecule has 4 rings (SSSR count). The molecule has 2 amide bonds. The predicted molar refractivity (Wildman–Crippen MR) is 127 cm³/mol. The van der Waals surface area contributed by atoms with Crippen molar-refractivity contribution in [3.8, 4) is 11.4 Å². The molecule has 0 saturated carbocycles. The van der Waals surface area contributed by atoms with E-state index in [2.05, 4.69) is 22.7 Å². The highest BCUT2D eigenvalue weighted by Crippen LogP contribution is 2.35. The molecule has 0 radical (unpaired) electrons. The number of fused-ring (bicyclic) bond motifs is 1. The summed E-state index contributed by atoms with van der Waals surface area (Å²) in [5.74, 6) is -0.348. The van der Waals surface area contributed by atoms with Crippen molar-refractivity contribution in [1.82, 2.24) is 14.3 Å². The minimum Gasteiger partial charge on any atom is -0.497 e. The van der Waals surface area contributed by atoms with Crippen LogP contribution in [0.1, 0.15) is 29.4 Å². The van der Waals surface area contributed by atoms with E-state index < -0.39 is 12.0 Å². The number of aromatic nitrogens is 3. The number of ether oxygens (including phenoxy) is 1. The second kappa shape index (κ2) is 9.07. The summed E-state index contributed by atoms with van der Waals surface area (Å²) in [6.07, 6.45) is 4.76. The number of anilines is 2. The number of rotatable bonds is 7. The first-order valence-electron chi connectivity index (χ1n) is 10.5. The average Bonchev–Trinajstić information content (AvgIpc) is 3.36. The van der Waals surface area contributed by atoms with Crippen molar-refractivity contribution >= 4 is 34.3 Å². The Morgan fingerprint density at radius 2 is 1.88 bits per heavy atom. The summed E-state index contributed by atoms with van der Waals surface area (Å²) >= 11 is 0. The SMILES string of the molecule is CCCn1cc(-n2c(C)c(NC(=O)Nc3ccc(C(=O)O)cc3)c3cc(OC)ccc32)cn1. The summed E-state index contributed by atoms with van der Waals surface area (Å²) in [7, 11) is 1.60. The van der Waals surface area contributed by atoms with Crippen LogP contribution in [0.2, 0.25) is 0 Å².